The van der Waals surface area contributed by atoms with E-state index in [2.05, 4.69) is 22.6 Å². The zero-order valence-corrected chi connectivity index (χ0v) is 11.1. The summed E-state index contributed by atoms with van der Waals surface area (Å²) in [6.45, 7) is 4.50. The lowest BCUT2D eigenvalue weighted by molar-refractivity contribution is 0.338. The fraction of sp³-hybridized carbons (Fsp3) is 0.300. The molecular weight excluding hydrogens is 309 g/mol. The van der Waals surface area contributed by atoms with E-state index in [0.717, 1.165) is 14.7 Å². The van der Waals surface area contributed by atoms with Crippen LogP contribution in [0.4, 0.5) is 5.69 Å². The van der Waals surface area contributed by atoms with Crippen molar-refractivity contribution in [1.29, 1.82) is 0 Å². The predicted octanol–water partition coefficient (Wildman–Crippen LogP) is 2.89. The van der Waals surface area contributed by atoms with Crippen LogP contribution in [0.2, 0.25) is 0 Å². The molecule has 0 atom stereocenters. The quantitative estimate of drug-likeness (QED) is 0.517. The first kappa shape index (κ1) is 11.7. The maximum Gasteiger partial charge on any atom is 0.193 e. The number of anilines is 1. The van der Waals surface area contributed by atoms with Gasteiger partial charge in [-0.1, -0.05) is 0 Å². The molecule has 14 heavy (non-hydrogen) atoms. The van der Waals surface area contributed by atoms with Gasteiger partial charge in [-0.2, -0.15) is 0 Å². The summed E-state index contributed by atoms with van der Waals surface area (Å²) >= 11 is 7.35. The standard InChI is InChI=1S/C10H12INOS/c1-3-13-10(14)7-4-6(2)8(11)5-9(7)12/h4-5H,3,12H2,1-2H3. The first-order chi connectivity index (χ1) is 6.56. The Hall–Kier alpha value is -0.360. The third-order valence-electron chi connectivity index (χ3n) is 1.83. The number of aryl methyl sites for hydroxylation is 1. The van der Waals surface area contributed by atoms with Gasteiger partial charge in [0.1, 0.15) is 0 Å². The third-order valence-corrected chi connectivity index (χ3v) is 3.33. The van der Waals surface area contributed by atoms with E-state index in [9.17, 15) is 0 Å². The smallest absolute Gasteiger partial charge is 0.193 e. The van der Waals surface area contributed by atoms with Gasteiger partial charge in [0.2, 0.25) is 0 Å². The number of hydrogen-bond acceptors (Lipinski definition) is 3. The van der Waals surface area contributed by atoms with Gasteiger partial charge in [0.25, 0.3) is 0 Å². The molecule has 1 aromatic rings. The van der Waals surface area contributed by atoms with Gasteiger partial charge in [0.05, 0.1) is 12.2 Å². The minimum atomic E-state index is 0.476. The minimum absolute atomic E-state index is 0.476. The lowest BCUT2D eigenvalue weighted by Crippen LogP contribution is -2.07. The summed E-state index contributed by atoms with van der Waals surface area (Å²) in [5, 5.41) is 0.476. The van der Waals surface area contributed by atoms with Crippen molar-refractivity contribution < 1.29 is 4.74 Å². The van der Waals surface area contributed by atoms with Gasteiger partial charge in [0.15, 0.2) is 5.05 Å². The second kappa shape index (κ2) is 4.93. The lowest BCUT2D eigenvalue weighted by Gasteiger charge is -2.10. The molecule has 0 aliphatic heterocycles. The zero-order valence-electron chi connectivity index (χ0n) is 8.13. The zero-order chi connectivity index (χ0) is 10.7. The molecule has 1 aromatic carbocycles. The van der Waals surface area contributed by atoms with Crippen LogP contribution in [0.1, 0.15) is 18.1 Å². The summed E-state index contributed by atoms with van der Waals surface area (Å²) in [5.74, 6) is 0. The van der Waals surface area contributed by atoms with Crippen LogP contribution in [0.25, 0.3) is 0 Å². The van der Waals surface area contributed by atoms with Crippen molar-refractivity contribution in [2.24, 2.45) is 0 Å². The van der Waals surface area contributed by atoms with Crippen LogP contribution in [0, 0.1) is 10.5 Å². The SMILES string of the molecule is CCOC(=S)c1cc(C)c(I)cc1N. The van der Waals surface area contributed by atoms with Gasteiger partial charge in [-0.3, -0.25) is 0 Å². The van der Waals surface area contributed by atoms with E-state index in [-0.39, 0.29) is 0 Å². The van der Waals surface area contributed by atoms with Gasteiger partial charge in [-0.15, -0.1) is 0 Å². The van der Waals surface area contributed by atoms with Gasteiger partial charge >= 0.3 is 0 Å². The monoisotopic (exact) mass is 321 g/mol. The highest BCUT2D eigenvalue weighted by Crippen LogP contribution is 2.21. The first-order valence-corrected chi connectivity index (χ1v) is 5.77. The second-order valence-electron chi connectivity index (χ2n) is 2.91. The Kier molecular flexibility index (Phi) is 4.12. The molecule has 76 valence electrons. The number of benzene rings is 1. The number of halogens is 1. The van der Waals surface area contributed by atoms with Gasteiger partial charge in [-0.05, 0) is 66.4 Å². The Balaban J connectivity index is 3.09. The molecule has 0 saturated heterocycles. The van der Waals surface area contributed by atoms with E-state index in [0.29, 0.717) is 17.3 Å². The van der Waals surface area contributed by atoms with E-state index in [1.807, 2.05) is 26.0 Å². The Morgan fingerprint density at radius 2 is 2.21 bits per heavy atom. The molecule has 4 heteroatoms. The molecule has 0 saturated carbocycles. The van der Waals surface area contributed by atoms with E-state index in [1.165, 1.54) is 0 Å². The number of thiocarbonyl (C=S) groups is 1. The van der Waals surface area contributed by atoms with Crippen molar-refractivity contribution in [3.05, 3.63) is 26.8 Å². The summed E-state index contributed by atoms with van der Waals surface area (Å²) in [7, 11) is 0. The molecule has 0 fully saturated rings. The second-order valence-corrected chi connectivity index (χ2v) is 4.44. The fourth-order valence-corrected chi connectivity index (χ4v) is 1.87. The molecule has 0 aliphatic carbocycles. The molecule has 2 N–H and O–H groups in total. The highest BCUT2D eigenvalue weighted by Gasteiger charge is 2.08. The van der Waals surface area contributed by atoms with Crippen LogP contribution in [-0.4, -0.2) is 11.7 Å². The molecule has 0 spiro atoms. The topological polar surface area (TPSA) is 35.2 Å². The number of hydrogen-bond donors (Lipinski definition) is 1. The lowest BCUT2D eigenvalue weighted by atomic mass is 10.1. The number of ether oxygens (including phenoxy) is 1. The normalized spacial score (nSPS) is 9.93. The Bertz CT molecular complexity index is 365. The van der Waals surface area contributed by atoms with Crippen molar-refractivity contribution in [2.75, 3.05) is 12.3 Å². The van der Waals surface area contributed by atoms with Crippen LogP contribution in [0.15, 0.2) is 12.1 Å². The van der Waals surface area contributed by atoms with Crippen molar-refractivity contribution in [3.8, 4) is 0 Å². The average molecular weight is 321 g/mol. The third kappa shape index (κ3) is 2.57. The highest BCUT2D eigenvalue weighted by atomic mass is 127. The Morgan fingerprint density at radius 3 is 2.79 bits per heavy atom. The molecule has 1 rings (SSSR count). The van der Waals surface area contributed by atoms with Crippen LogP contribution in [0.5, 0.6) is 0 Å². The number of rotatable bonds is 2. The van der Waals surface area contributed by atoms with Crippen LogP contribution in [-0.2, 0) is 4.74 Å². The van der Waals surface area contributed by atoms with Crippen molar-refractivity contribution in [1.82, 2.24) is 0 Å². The van der Waals surface area contributed by atoms with E-state index >= 15 is 0 Å². The molecule has 0 bridgehead atoms. The number of nitrogens with two attached hydrogens (primary N) is 1. The maximum atomic E-state index is 5.85. The average Bonchev–Trinajstić information content (AvgIpc) is 2.11. The minimum Gasteiger partial charge on any atom is -0.483 e. The van der Waals surface area contributed by atoms with E-state index in [4.69, 9.17) is 22.7 Å². The first-order valence-electron chi connectivity index (χ1n) is 4.29. The molecule has 0 aromatic heterocycles. The molecule has 0 amide bonds. The summed E-state index contributed by atoms with van der Waals surface area (Å²) in [5.41, 5.74) is 8.51. The van der Waals surface area contributed by atoms with Crippen molar-refractivity contribution in [2.45, 2.75) is 13.8 Å². The van der Waals surface area contributed by atoms with E-state index < -0.39 is 0 Å². The molecule has 0 unspecified atom stereocenters. The van der Waals surface area contributed by atoms with Crippen molar-refractivity contribution >= 4 is 45.5 Å². The summed E-state index contributed by atoms with van der Waals surface area (Å²) in [6, 6.07) is 3.88. The van der Waals surface area contributed by atoms with Gasteiger partial charge in [-0.25, -0.2) is 0 Å². The Morgan fingerprint density at radius 1 is 1.57 bits per heavy atom. The summed E-state index contributed by atoms with van der Waals surface area (Å²) < 4.78 is 6.39. The molecular formula is C10H12INOS. The van der Waals surface area contributed by atoms with Crippen LogP contribution >= 0.6 is 34.8 Å². The molecule has 0 heterocycles. The van der Waals surface area contributed by atoms with Crippen molar-refractivity contribution in [3.63, 3.8) is 0 Å². The van der Waals surface area contributed by atoms with Crippen LogP contribution < -0.4 is 5.73 Å². The maximum absolute atomic E-state index is 5.85. The summed E-state index contributed by atoms with van der Waals surface area (Å²) in [4.78, 5) is 0. The highest BCUT2D eigenvalue weighted by molar-refractivity contribution is 14.1. The summed E-state index contributed by atoms with van der Waals surface area (Å²) in [6.07, 6.45) is 0. The van der Waals surface area contributed by atoms with E-state index in [1.54, 1.807) is 0 Å². The van der Waals surface area contributed by atoms with Gasteiger partial charge in [0, 0.05) is 9.26 Å². The number of nitrogen functional groups attached to an aromatic ring is 1. The van der Waals surface area contributed by atoms with Crippen LogP contribution in [0.3, 0.4) is 0 Å². The molecule has 0 radical (unpaired) electrons. The fourth-order valence-electron chi connectivity index (χ4n) is 1.08. The Labute approximate surface area is 103 Å². The molecule has 2 nitrogen and oxygen atoms in total. The largest absolute Gasteiger partial charge is 0.483 e. The molecule has 0 aliphatic rings. The van der Waals surface area contributed by atoms with Gasteiger partial charge < -0.3 is 10.5 Å². The predicted molar refractivity (Wildman–Crippen MR) is 71.6 cm³/mol.